The first kappa shape index (κ1) is 14.8. The molecule has 1 aliphatic heterocycles. The van der Waals surface area contributed by atoms with E-state index in [1.165, 1.54) is 32.2 Å². The van der Waals surface area contributed by atoms with Crippen LogP contribution in [0.4, 0.5) is 0 Å². The largest absolute Gasteiger partial charge is 0.355 e. The highest BCUT2D eigenvalue weighted by atomic mass is 16.2. The average Bonchev–Trinajstić information content (AvgIpc) is 3.26. The van der Waals surface area contributed by atoms with Gasteiger partial charge in [-0.25, -0.2) is 0 Å². The number of likely N-dealkylation sites (tertiary alicyclic amines) is 1. The molecular formula is C15H29N3O. The van der Waals surface area contributed by atoms with E-state index in [9.17, 15) is 4.79 Å². The molecule has 110 valence electrons. The van der Waals surface area contributed by atoms with Gasteiger partial charge < -0.3 is 10.6 Å². The maximum Gasteiger partial charge on any atom is 0.237 e. The Morgan fingerprint density at radius 2 is 1.95 bits per heavy atom. The molecule has 2 aliphatic rings. The molecule has 19 heavy (non-hydrogen) atoms. The lowest BCUT2D eigenvalue weighted by Gasteiger charge is -2.35. The number of hydrogen-bond donors (Lipinski definition) is 2. The summed E-state index contributed by atoms with van der Waals surface area (Å²) in [4.78, 5) is 14.3. The highest BCUT2D eigenvalue weighted by Crippen LogP contribution is 2.28. The zero-order valence-electron chi connectivity index (χ0n) is 12.5. The Bertz CT molecular complexity index is 283. The summed E-state index contributed by atoms with van der Waals surface area (Å²) in [6.07, 6.45) is 6.20. The maximum atomic E-state index is 11.9. The van der Waals surface area contributed by atoms with E-state index in [0.29, 0.717) is 6.04 Å². The Hall–Kier alpha value is -0.610. The summed E-state index contributed by atoms with van der Waals surface area (Å²) in [6.45, 7) is 8.21. The van der Waals surface area contributed by atoms with Crippen LogP contribution in [0.3, 0.4) is 0 Å². The van der Waals surface area contributed by atoms with Gasteiger partial charge in [-0.15, -0.1) is 0 Å². The van der Waals surface area contributed by atoms with E-state index in [2.05, 4.69) is 22.5 Å². The molecule has 1 saturated carbocycles. The molecule has 1 amide bonds. The van der Waals surface area contributed by atoms with E-state index in [-0.39, 0.29) is 11.9 Å². The second-order valence-corrected chi connectivity index (χ2v) is 6.13. The monoisotopic (exact) mass is 267 g/mol. The highest BCUT2D eigenvalue weighted by Gasteiger charge is 2.27. The van der Waals surface area contributed by atoms with Crippen LogP contribution in [0.1, 0.15) is 46.0 Å². The molecular weight excluding hydrogens is 238 g/mol. The molecule has 4 nitrogen and oxygen atoms in total. The molecule has 0 bridgehead atoms. The molecule has 2 rings (SSSR count). The topological polar surface area (TPSA) is 44.4 Å². The van der Waals surface area contributed by atoms with Gasteiger partial charge in [0.05, 0.1) is 6.04 Å². The standard InChI is InChI=1S/C15H29N3O/c1-3-8-16-15(19)12(2)18-9-6-14(7-10-18)17-11-13-4-5-13/h12-14,17H,3-11H2,1-2H3,(H,16,19). The summed E-state index contributed by atoms with van der Waals surface area (Å²) < 4.78 is 0. The summed E-state index contributed by atoms with van der Waals surface area (Å²) in [5.74, 6) is 1.14. The van der Waals surface area contributed by atoms with Crippen LogP contribution in [0.15, 0.2) is 0 Å². The second-order valence-electron chi connectivity index (χ2n) is 6.13. The Labute approximate surface area is 117 Å². The first-order valence-electron chi connectivity index (χ1n) is 7.95. The number of rotatable bonds is 7. The van der Waals surface area contributed by atoms with E-state index in [1.54, 1.807) is 0 Å². The summed E-state index contributed by atoms with van der Waals surface area (Å²) in [7, 11) is 0. The SMILES string of the molecule is CCCNC(=O)C(C)N1CCC(NCC2CC2)CC1. The van der Waals surface area contributed by atoms with E-state index in [0.717, 1.165) is 32.0 Å². The maximum absolute atomic E-state index is 11.9. The van der Waals surface area contributed by atoms with E-state index in [4.69, 9.17) is 0 Å². The molecule has 1 saturated heterocycles. The first-order valence-corrected chi connectivity index (χ1v) is 7.95. The van der Waals surface area contributed by atoms with E-state index in [1.807, 2.05) is 6.92 Å². The molecule has 0 aromatic carbocycles. The number of piperidine rings is 1. The fraction of sp³-hybridized carbons (Fsp3) is 0.933. The minimum atomic E-state index is 0.0240. The lowest BCUT2D eigenvalue weighted by molar-refractivity contribution is -0.126. The number of carbonyl (C=O) groups is 1. The lowest BCUT2D eigenvalue weighted by Crippen LogP contribution is -2.51. The summed E-state index contributed by atoms with van der Waals surface area (Å²) in [5.41, 5.74) is 0. The molecule has 0 spiro atoms. The van der Waals surface area contributed by atoms with Gasteiger partial charge in [0, 0.05) is 25.7 Å². The van der Waals surface area contributed by atoms with Crippen molar-refractivity contribution in [3.05, 3.63) is 0 Å². The molecule has 2 fully saturated rings. The predicted octanol–water partition coefficient (Wildman–Crippen LogP) is 1.37. The van der Waals surface area contributed by atoms with Crippen LogP contribution >= 0.6 is 0 Å². The van der Waals surface area contributed by atoms with Gasteiger partial charge in [-0.3, -0.25) is 9.69 Å². The quantitative estimate of drug-likeness (QED) is 0.732. The van der Waals surface area contributed by atoms with E-state index >= 15 is 0 Å². The zero-order valence-corrected chi connectivity index (χ0v) is 12.5. The number of hydrogen-bond acceptors (Lipinski definition) is 3. The Balaban J connectivity index is 1.64. The number of amides is 1. The van der Waals surface area contributed by atoms with Gasteiger partial charge in [0.1, 0.15) is 0 Å². The molecule has 1 atom stereocenters. The minimum Gasteiger partial charge on any atom is -0.355 e. The Morgan fingerprint density at radius 1 is 1.26 bits per heavy atom. The third kappa shape index (κ3) is 4.77. The number of nitrogens with zero attached hydrogens (tertiary/aromatic N) is 1. The normalized spacial score (nSPS) is 23.3. The van der Waals surface area contributed by atoms with Crippen molar-refractivity contribution in [2.24, 2.45) is 5.92 Å². The average molecular weight is 267 g/mol. The van der Waals surface area contributed by atoms with Crippen molar-refractivity contribution in [3.63, 3.8) is 0 Å². The Morgan fingerprint density at radius 3 is 2.53 bits per heavy atom. The van der Waals surface area contributed by atoms with Gasteiger partial charge in [0.25, 0.3) is 0 Å². The third-order valence-corrected chi connectivity index (χ3v) is 4.40. The minimum absolute atomic E-state index is 0.0240. The van der Waals surface area contributed by atoms with Crippen molar-refractivity contribution in [1.29, 1.82) is 0 Å². The summed E-state index contributed by atoms with van der Waals surface area (Å²) in [5, 5.41) is 6.67. The lowest BCUT2D eigenvalue weighted by atomic mass is 10.0. The van der Waals surface area contributed by atoms with Crippen molar-refractivity contribution >= 4 is 5.91 Å². The van der Waals surface area contributed by atoms with Crippen molar-refractivity contribution in [1.82, 2.24) is 15.5 Å². The summed E-state index contributed by atoms with van der Waals surface area (Å²) in [6, 6.07) is 0.693. The smallest absolute Gasteiger partial charge is 0.237 e. The molecule has 1 unspecified atom stereocenters. The molecule has 1 aliphatic carbocycles. The van der Waals surface area contributed by atoms with Gasteiger partial charge in [0.15, 0.2) is 0 Å². The number of nitrogens with one attached hydrogen (secondary N) is 2. The van der Waals surface area contributed by atoms with Crippen molar-refractivity contribution < 1.29 is 4.79 Å². The summed E-state index contributed by atoms with van der Waals surface area (Å²) >= 11 is 0. The molecule has 4 heteroatoms. The van der Waals surface area contributed by atoms with Gasteiger partial charge in [-0.05, 0) is 51.5 Å². The molecule has 0 radical (unpaired) electrons. The second kappa shape index (κ2) is 7.25. The van der Waals surface area contributed by atoms with Crippen molar-refractivity contribution in [3.8, 4) is 0 Å². The Kier molecular flexibility index (Phi) is 5.64. The number of carbonyl (C=O) groups excluding carboxylic acids is 1. The van der Waals surface area contributed by atoms with Crippen LogP contribution in [0.2, 0.25) is 0 Å². The van der Waals surface area contributed by atoms with Crippen LogP contribution in [0.25, 0.3) is 0 Å². The van der Waals surface area contributed by atoms with Crippen LogP contribution in [-0.2, 0) is 4.79 Å². The van der Waals surface area contributed by atoms with Crippen LogP contribution in [0, 0.1) is 5.92 Å². The molecule has 0 aromatic rings. The van der Waals surface area contributed by atoms with Crippen molar-refractivity contribution in [2.75, 3.05) is 26.2 Å². The molecule has 2 N–H and O–H groups in total. The third-order valence-electron chi connectivity index (χ3n) is 4.40. The zero-order chi connectivity index (χ0) is 13.7. The highest BCUT2D eigenvalue weighted by molar-refractivity contribution is 5.81. The predicted molar refractivity (Wildman–Crippen MR) is 78.1 cm³/mol. The van der Waals surface area contributed by atoms with E-state index < -0.39 is 0 Å². The van der Waals surface area contributed by atoms with Gasteiger partial charge in [-0.2, -0.15) is 0 Å². The van der Waals surface area contributed by atoms with Crippen molar-refractivity contribution in [2.45, 2.75) is 58.0 Å². The van der Waals surface area contributed by atoms with Gasteiger partial charge in [-0.1, -0.05) is 6.92 Å². The first-order chi connectivity index (χ1) is 9.20. The van der Waals surface area contributed by atoms with Crippen LogP contribution < -0.4 is 10.6 Å². The van der Waals surface area contributed by atoms with Crippen LogP contribution in [0.5, 0.6) is 0 Å². The van der Waals surface area contributed by atoms with Gasteiger partial charge in [0.2, 0.25) is 5.91 Å². The van der Waals surface area contributed by atoms with Crippen LogP contribution in [-0.4, -0.2) is 49.1 Å². The fourth-order valence-electron chi connectivity index (χ4n) is 2.71. The molecule has 0 aromatic heterocycles. The molecule has 1 heterocycles. The van der Waals surface area contributed by atoms with Gasteiger partial charge >= 0.3 is 0 Å². The fourth-order valence-corrected chi connectivity index (χ4v) is 2.71.